The van der Waals surface area contributed by atoms with Crippen LogP contribution in [0.15, 0.2) is 23.1 Å². The molecular formula is C21H29N3O5S. The van der Waals surface area contributed by atoms with Crippen molar-refractivity contribution in [2.75, 3.05) is 24.6 Å². The van der Waals surface area contributed by atoms with E-state index in [0.29, 0.717) is 39.0 Å². The molecule has 1 aromatic carbocycles. The summed E-state index contributed by atoms with van der Waals surface area (Å²) in [7, 11) is -3.68. The molecular weight excluding hydrogens is 406 g/mol. The SMILES string of the molecule is CCOC(=O)N1CCC(NS(=O)(=O)c2ccc3c(c2)CC(C)N3C(=O)C2CC2)CC1. The lowest BCUT2D eigenvalue weighted by atomic mass is 10.1. The fourth-order valence-corrected chi connectivity index (χ4v) is 5.67. The van der Waals surface area contributed by atoms with Crippen LogP contribution in [0.4, 0.5) is 10.5 Å². The highest BCUT2D eigenvalue weighted by molar-refractivity contribution is 7.89. The summed E-state index contributed by atoms with van der Waals surface area (Å²) in [6.07, 6.45) is 3.30. The van der Waals surface area contributed by atoms with Crippen LogP contribution < -0.4 is 9.62 Å². The molecule has 164 valence electrons. The molecule has 2 aliphatic heterocycles. The Morgan fingerprint density at radius 1 is 1.17 bits per heavy atom. The molecule has 2 heterocycles. The number of rotatable bonds is 5. The first-order chi connectivity index (χ1) is 14.3. The zero-order valence-electron chi connectivity index (χ0n) is 17.5. The van der Waals surface area contributed by atoms with Crippen LogP contribution in [0, 0.1) is 5.92 Å². The maximum Gasteiger partial charge on any atom is 0.409 e. The third-order valence-corrected chi connectivity index (χ3v) is 7.60. The first-order valence-electron chi connectivity index (χ1n) is 10.7. The number of hydrogen-bond donors (Lipinski definition) is 1. The predicted octanol–water partition coefficient (Wildman–Crippen LogP) is 2.27. The van der Waals surface area contributed by atoms with Crippen LogP contribution >= 0.6 is 0 Å². The first-order valence-corrected chi connectivity index (χ1v) is 12.2. The molecule has 1 N–H and O–H groups in total. The third-order valence-electron chi connectivity index (χ3n) is 6.08. The van der Waals surface area contributed by atoms with Crippen LogP contribution in [0.5, 0.6) is 0 Å². The quantitative estimate of drug-likeness (QED) is 0.765. The molecule has 2 fully saturated rings. The second-order valence-corrected chi connectivity index (χ2v) is 10.1. The van der Waals surface area contributed by atoms with Gasteiger partial charge in [0.1, 0.15) is 0 Å². The minimum absolute atomic E-state index is 0.0474. The minimum Gasteiger partial charge on any atom is -0.450 e. The van der Waals surface area contributed by atoms with Gasteiger partial charge in [-0.3, -0.25) is 4.79 Å². The van der Waals surface area contributed by atoms with E-state index in [9.17, 15) is 18.0 Å². The monoisotopic (exact) mass is 435 g/mol. The van der Waals surface area contributed by atoms with Gasteiger partial charge in [0, 0.05) is 36.8 Å². The van der Waals surface area contributed by atoms with Gasteiger partial charge in [-0.25, -0.2) is 17.9 Å². The molecule has 1 aromatic rings. The molecule has 4 rings (SSSR count). The van der Waals surface area contributed by atoms with Crippen molar-refractivity contribution in [1.82, 2.24) is 9.62 Å². The highest BCUT2D eigenvalue weighted by atomic mass is 32.2. The maximum atomic E-state index is 12.9. The van der Waals surface area contributed by atoms with Gasteiger partial charge in [0.25, 0.3) is 0 Å². The summed E-state index contributed by atoms with van der Waals surface area (Å²) in [6.45, 7) is 5.02. The highest BCUT2D eigenvalue weighted by Gasteiger charge is 2.40. The number of likely N-dealkylation sites (tertiary alicyclic amines) is 1. The van der Waals surface area contributed by atoms with Crippen LogP contribution in [-0.2, 0) is 26.0 Å². The number of fused-ring (bicyclic) bond motifs is 1. The molecule has 2 amide bonds. The summed E-state index contributed by atoms with van der Waals surface area (Å²) in [5, 5.41) is 0. The number of amides is 2. The van der Waals surface area contributed by atoms with Gasteiger partial charge in [-0.05, 0) is 69.7 Å². The van der Waals surface area contributed by atoms with Gasteiger partial charge in [0.2, 0.25) is 15.9 Å². The maximum absolute atomic E-state index is 12.9. The van der Waals surface area contributed by atoms with E-state index in [1.807, 2.05) is 11.8 Å². The van der Waals surface area contributed by atoms with E-state index >= 15 is 0 Å². The molecule has 0 radical (unpaired) electrons. The summed E-state index contributed by atoms with van der Waals surface area (Å²) in [5.74, 6) is 0.285. The number of nitrogens with one attached hydrogen (secondary N) is 1. The Kier molecular flexibility index (Phi) is 5.76. The molecule has 1 unspecified atom stereocenters. The number of carbonyl (C=O) groups is 2. The smallest absolute Gasteiger partial charge is 0.409 e. The van der Waals surface area contributed by atoms with Gasteiger partial charge in [-0.1, -0.05) is 0 Å². The average Bonchev–Trinajstić information content (AvgIpc) is 3.50. The fraction of sp³-hybridized carbons (Fsp3) is 0.619. The number of anilines is 1. The Morgan fingerprint density at radius 2 is 1.87 bits per heavy atom. The van der Waals surface area contributed by atoms with E-state index in [1.165, 1.54) is 0 Å². The van der Waals surface area contributed by atoms with Gasteiger partial charge >= 0.3 is 6.09 Å². The Labute approximate surface area is 177 Å². The molecule has 0 aromatic heterocycles. The van der Waals surface area contributed by atoms with Crippen molar-refractivity contribution < 1.29 is 22.7 Å². The molecule has 0 bridgehead atoms. The van der Waals surface area contributed by atoms with E-state index < -0.39 is 10.0 Å². The summed E-state index contributed by atoms with van der Waals surface area (Å²) in [6, 6.07) is 4.87. The summed E-state index contributed by atoms with van der Waals surface area (Å²) >= 11 is 0. The second kappa shape index (κ2) is 8.19. The number of nitrogens with zero attached hydrogens (tertiary/aromatic N) is 2. The molecule has 9 heteroatoms. The van der Waals surface area contributed by atoms with Crippen LogP contribution in [0.3, 0.4) is 0 Å². The Hall–Kier alpha value is -2.13. The van der Waals surface area contributed by atoms with Crippen molar-refractivity contribution in [3.05, 3.63) is 23.8 Å². The number of ether oxygens (including phenoxy) is 1. The van der Waals surface area contributed by atoms with Crippen molar-refractivity contribution in [3.63, 3.8) is 0 Å². The highest BCUT2D eigenvalue weighted by Crippen LogP contribution is 2.39. The first kappa shape index (κ1) is 21.1. The lowest BCUT2D eigenvalue weighted by Gasteiger charge is -2.31. The topological polar surface area (TPSA) is 96.0 Å². The van der Waals surface area contributed by atoms with Crippen molar-refractivity contribution in [1.29, 1.82) is 0 Å². The largest absolute Gasteiger partial charge is 0.450 e. The predicted molar refractivity (Wildman–Crippen MR) is 112 cm³/mol. The molecule has 3 aliphatic rings. The molecule has 1 atom stereocenters. The van der Waals surface area contributed by atoms with Gasteiger partial charge < -0.3 is 14.5 Å². The van der Waals surface area contributed by atoms with Crippen molar-refractivity contribution in [2.45, 2.75) is 62.9 Å². The Balaban J connectivity index is 1.42. The van der Waals surface area contributed by atoms with Crippen molar-refractivity contribution in [3.8, 4) is 0 Å². The fourth-order valence-electron chi connectivity index (χ4n) is 4.32. The summed E-state index contributed by atoms with van der Waals surface area (Å²) in [4.78, 5) is 28.1. The molecule has 8 nitrogen and oxygen atoms in total. The number of benzene rings is 1. The standard InChI is InChI=1S/C21H29N3O5S/c1-3-29-21(26)23-10-8-17(9-11-23)22-30(27,28)18-6-7-19-16(13-18)12-14(2)24(19)20(25)15-4-5-15/h6-7,13-15,17,22H,3-5,8-12H2,1-2H3. The Morgan fingerprint density at radius 3 is 2.50 bits per heavy atom. The zero-order chi connectivity index (χ0) is 21.5. The molecule has 1 saturated heterocycles. The molecule has 1 aliphatic carbocycles. The lowest BCUT2D eigenvalue weighted by molar-refractivity contribution is -0.120. The van der Waals surface area contributed by atoms with Gasteiger partial charge in [0.05, 0.1) is 11.5 Å². The van der Waals surface area contributed by atoms with E-state index in [4.69, 9.17) is 4.74 Å². The van der Waals surface area contributed by atoms with Crippen LogP contribution in [0.25, 0.3) is 0 Å². The number of sulfonamides is 1. The minimum atomic E-state index is -3.68. The molecule has 0 spiro atoms. The number of piperidine rings is 1. The van der Waals surface area contributed by atoms with Crippen LogP contribution in [0.2, 0.25) is 0 Å². The summed E-state index contributed by atoms with van der Waals surface area (Å²) in [5.41, 5.74) is 1.73. The number of carbonyl (C=O) groups excluding carboxylic acids is 2. The van der Waals surface area contributed by atoms with E-state index in [2.05, 4.69) is 4.72 Å². The van der Waals surface area contributed by atoms with Gasteiger partial charge in [0.15, 0.2) is 0 Å². The molecule has 30 heavy (non-hydrogen) atoms. The Bertz CT molecular complexity index is 936. The van der Waals surface area contributed by atoms with Crippen molar-refractivity contribution in [2.24, 2.45) is 5.92 Å². The van der Waals surface area contributed by atoms with E-state index in [1.54, 1.807) is 30.0 Å². The lowest BCUT2D eigenvalue weighted by Crippen LogP contribution is -2.46. The van der Waals surface area contributed by atoms with Crippen molar-refractivity contribution >= 4 is 27.7 Å². The second-order valence-electron chi connectivity index (χ2n) is 8.41. The van der Waals surface area contributed by atoms with Gasteiger partial charge in [-0.2, -0.15) is 0 Å². The number of hydrogen-bond acceptors (Lipinski definition) is 5. The molecule has 1 saturated carbocycles. The normalized spacial score (nSPS) is 22.1. The van der Waals surface area contributed by atoms with E-state index in [-0.39, 0.29) is 34.9 Å². The third kappa shape index (κ3) is 4.18. The van der Waals surface area contributed by atoms with Gasteiger partial charge in [-0.15, -0.1) is 0 Å². The zero-order valence-corrected chi connectivity index (χ0v) is 18.3. The average molecular weight is 436 g/mol. The summed E-state index contributed by atoms with van der Waals surface area (Å²) < 4.78 is 33.7. The van der Waals surface area contributed by atoms with Crippen LogP contribution in [-0.4, -0.2) is 57.1 Å². The van der Waals surface area contributed by atoms with E-state index in [0.717, 1.165) is 24.1 Å². The van der Waals surface area contributed by atoms with Crippen LogP contribution in [0.1, 0.15) is 45.1 Å².